The van der Waals surface area contributed by atoms with Gasteiger partial charge in [-0.3, -0.25) is 4.99 Å². The number of unbranched alkanes of at least 4 members (excludes halogenated alkanes) is 2. The lowest BCUT2D eigenvalue weighted by Gasteiger charge is -2.03. The van der Waals surface area contributed by atoms with Crippen molar-refractivity contribution in [3.8, 4) is 0 Å². The van der Waals surface area contributed by atoms with E-state index in [9.17, 15) is 0 Å². The van der Waals surface area contributed by atoms with Gasteiger partial charge in [-0.2, -0.15) is 0 Å². The molecule has 2 rings (SSSR count). The monoisotopic (exact) mass is 173 g/mol. The Bertz CT molecular complexity index is 316. The SMILES string of the molecule is CCCCCC1=CC=C2C=NC=C21. The van der Waals surface area contributed by atoms with E-state index >= 15 is 0 Å². The van der Waals surface area contributed by atoms with Crippen LogP contribution in [0.25, 0.3) is 0 Å². The number of hydrogen-bond donors (Lipinski definition) is 0. The average molecular weight is 173 g/mol. The van der Waals surface area contributed by atoms with Gasteiger partial charge in [-0.1, -0.05) is 31.9 Å². The first-order valence-corrected chi connectivity index (χ1v) is 5.07. The standard InChI is InChI=1S/C12H15N/c1-2-3-4-5-10-6-7-11-8-13-9-12(10)11/h6-9H,2-5H2,1H3. The molecule has 0 bridgehead atoms. The van der Waals surface area contributed by atoms with Crippen LogP contribution in [0.3, 0.4) is 0 Å². The van der Waals surface area contributed by atoms with Crippen molar-refractivity contribution in [2.45, 2.75) is 32.6 Å². The minimum Gasteiger partial charge on any atom is -0.263 e. The first-order valence-electron chi connectivity index (χ1n) is 5.07. The lowest BCUT2D eigenvalue weighted by molar-refractivity contribution is 0.718. The number of nitrogens with zero attached hydrogens (tertiary/aromatic N) is 1. The van der Waals surface area contributed by atoms with Gasteiger partial charge < -0.3 is 0 Å². The quantitative estimate of drug-likeness (QED) is 0.578. The molecule has 0 aromatic carbocycles. The van der Waals surface area contributed by atoms with Gasteiger partial charge in [0.25, 0.3) is 0 Å². The molecule has 1 nitrogen and oxygen atoms in total. The second-order valence-electron chi connectivity index (χ2n) is 3.59. The van der Waals surface area contributed by atoms with Gasteiger partial charge in [0.2, 0.25) is 0 Å². The molecule has 0 atom stereocenters. The number of aliphatic imine (C=N–C) groups is 1. The van der Waals surface area contributed by atoms with E-state index in [1.54, 1.807) is 0 Å². The summed E-state index contributed by atoms with van der Waals surface area (Å²) in [6.45, 7) is 2.24. The minimum atomic E-state index is 1.21. The predicted octanol–water partition coefficient (Wildman–Crippen LogP) is 3.40. The van der Waals surface area contributed by atoms with Gasteiger partial charge in [-0.25, -0.2) is 0 Å². The van der Waals surface area contributed by atoms with E-state index in [0.717, 1.165) is 0 Å². The van der Waals surface area contributed by atoms with Crippen LogP contribution >= 0.6 is 0 Å². The molecule has 68 valence electrons. The van der Waals surface area contributed by atoms with Crippen molar-refractivity contribution in [2.24, 2.45) is 4.99 Å². The van der Waals surface area contributed by atoms with Crippen LogP contribution in [0.15, 0.2) is 40.1 Å². The summed E-state index contributed by atoms with van der Waals surface area (Å²) in [5.74, 6) is 0. The van der Waals surface area contributed by atoms with E-state index in [4.69, 9.17) is 0 Å². The molecule has 0 saturated heterocycles. The van der Waals surface area contributed by atoms with Crippen LogP contribution < -0.4 is 0 Å². The van der Waals surface area contributed by atoms with Crippen molar-refractivity contribution in [3.05, 3.63) is 35.1 Å². The Morgan fingerprint density at radius 1 is 1.23 bits per heavy atom. The highest BCUT2D eigenvalue weighted by molar-refractivity contribution is 5.92. The Morgan fingerprint density at radius 3 is 3.00 bits per heavy atom. The third kappa shape index (κ3) is 1.64. The third-order valence-corrected chi connectivity index (χ3v) is 2.59. The van der Waals surface area contributed by atoms with Crippen LogP contribution in [0.4, 0.5) is 0 Å². The molecular formula is C12H15N. The van der Waals surface area contributed by atoms with E-state index in [-0.39, 0.29) is 0 Å². The molecule has 13 heavy (non-hydrogen) atoms. The Kier molecular flexibility index (Phi) is 2.44. The first kappa shape index (κ1) is 8.49. The van der Waals surface area contributed by atoms with Gasteiger partial charge >= 0.3 is 0 Å². The van der Waals surface area contributed by atoms with E-state index in [1.807, 2.05) is 12.4 Å². The molecule has 1 aliphatic carbocycles. The summed E-state index contributed by atoms with van der Waals surface area (Å²) in [4.78, 5) is 4.15. The Labute approximate surface area is 79.6 Å². The molecule has 0 unspecified atom stereocenters. The van der Waals surface area contributed by atoms with Gasteiger partial charge in [0, 0.05) is 23.6 Å². The van der Waals surface area contributed by atoms with Crippen LogP contribution in [0.1, 0.15) is 32.6 Å². The second kappa shape index (κ2) is 3.73. The van der Waals surface area contributed by atoms with Crippen molar-refractivity contribution < 1.29 is 0 Å². The van der Waals surface area contributed by atoms with Crippen molar-refractivity contribution in [2.75, 3.05) is 0 Å². The zero-order valence-corrected chi connectivity index (χ0v) is 8.09. The fourth-order valence-corrected chi connectivity index (χ4v) is 1.80. The maximum atomic E-state index is 4.15. The molecule has 0 aromatic rings. The molecule has 1 heteroatoms. The van der Waals surface area contributed by atoms with Gasteiger partial charge in [0.05, 0.1) is 0 Å². The lowest BCUT2D eigenvalue weighted by atomic mass is 10.0. The summed E-state index contributed by atoms with van der Waals surface area (Å²) in [5.41, 5.74) is 4.13. The molecule has 0 spiro atoms. The summed E-state index contributed by atoms with van der Waals surface area (Å²) in [7, 11) is 0. The van der Waals surface area contributed by atoms with Gasteiger partial charge in [0.15, 0.2) is 0 Å². The lowest BCUT2D eigenvalue weighted by Crippen LogP contribution is -1.87. The van der Waals surface area contributed by atoms with Crippen LogP contribution in [-0.2, 0) is 0 Å². The minimum absolute atomic E-state index is 1.21. The summed E-state index contributed by atoms with van der Waals surface area (Å²) in [5, 5.41) is 0. The largest absolute Gasteiger partial charge is 0.263 e. The average Bonchev–Trinajstić information content (AvgIpc) is 2.68. The Morgan fingerprint density at radius 2 is 2.15 bits per heavy atom. The predicted molar refractivity (Wildman–Crippen MR) is 56.9 cm³/mol. The topological polar surface area (TPSA) is 12.4 Å². The molecule has 1 aliphatic heterocycles. The summed E-state index contributed by atoms with van der Waals surface area (Å²) < 4.78 is 0. The number of rotatable bonds is 4. The van der Waals surface area contributed by atoms with Crippen LogP contribution in [0.5, 0.6) is 0 Å². The van der Waals surface area contributed by atoms with E-state index in [1.165, 1.54) is 42.4 Å². The molecule has 0 aromatic heterocycles. The molecule has 2 aliphatic rings. The molecular weight excluding hydrogens is 158 g/mol. The fourth-order valence-electron chi connectivity index (χ4n) is 1.80. The number of fused-ring (bicyclic) bond motifs is 1. The van der Waals surface area contributed by atoms with Gasteiger partial charge in [-0.05, 0) is 18.4 Å². The second-order valence-corrected chi connectivity index (χ2v) is 3.59. The summed E-state index contributed by atoms with van der Waals surface area (Å²) >= 11 is 0. The van der Waals surface area contributed by atoms with Crippen molar-refractivity contribution in [1.29, 1.82) is 0 Å². The molecule has 0 amide bonds. The fraction of sp³-hybridized carbons (Fsp3) is 0.417. The highest BCUT2D eigenvalue weighted by atomic mass is 14.7. The maximum absolute atomic E-state index is 4.15. The van der Waals surface area contributed by atoms with E-state index in [2.05, 4.69) is 24.1 Å². The highest BCUT2D eigenvalue weighted by Gasteiger charge is 2.16. The molecule has 1 heterocycles. The molecule has 0 radical (unpaired) electrons. The van der Waals surface area contributed by atoms with Crippen LogP contribution in [0, 0.1) is 0 Å². The molecule has 0 saturated carbocycles. The normalized spacial score (nSPS) is 18.4. The molecule has 0 fully saturated rings. The van der Waals surface area contributed by atoms with Crippen LogP contribution in [-0.4, -0.2) is 6.21 Å². The van der Waals surface area contributed by atoms with E-state index in [0.29, 0.717) is 0 Å². The van der Waals surface area contributed by atoms with Gasteiger partial charge in [0.1, 0.15) is 0 Å². The molecule has 0 N–H and O–H groups in total. The first-order chi connectivity index (χ1) is 6.42. The third-order valence-electron chi connectivity index (χ3n) is 2.59. The number of allylic oxidation sites excluding steroid dienone is 5. The zero-order valence-electron chi connectivity index (χ0n) is 8.09. The van der Waals surface area contributed by atoms with Crippen molar-refractivity contribution in [1.82, 2.24) is 0 Å². The number of hydrogen-bond acceptors (Lipinski definition) is 1. The summed E-state index contributed by atoms with van der Waals surface area (Å²) in [6.07, 6.45) is 13.5. The van der Waals surface area contributed by atoms with Gasteiger partial charge in [-0.15, -0.1) is 0 Å². The maximum Gasteiger partial charge on any atom is 0.0349 e. The smallest absolute Gasteiger partial charge is 0.0349 e. The Balaban J connectivity index is 1.91. The van der Waals surface area contributed by atoms with Crippen molar-refractivity contribution in [3.63, 3.8) is 0 Å². The van der Waals surface area contributed by atoms with E-state index < -0.39 is 0 Å². The van der Waals surface area contributed by atoms with Crippen molar-refractivity contribution >= 4 is 6.21 Å². The summed E-state index contributed by atoms with van der Waals surface area (Å²) in [6, 6.07) is 0. The van der Waals surface area contributed by atoms with Crippen LogP contribution in [0.2, 0.25) is 0 Å². The Hall–Kier alpha value is -1.11. The highest BCUT2D eigenvalue weighted by Crippen LogP contribution is 2.31. The zero-order chi connectivity index (χ0) is 9.10.